The molecule has 0 spiro atoms. The quantitative estimate of drug-likeness (QED) is 0.731. The van der Waals surface area contributed by atoms with Crippen molar-refractivity contribution in [2.75, 3.05) is 18.5 Å². The number of β-amino-alcohol motifs (C(OH)–C–C–N with tert-alkyl or cyclic N) is 1. The summed E-state index contributed by atoms with van der Waals surface area (Å²) in [5.74, 6) is -1.05. The van der Waals surface area contributed by atoms with Crippen molar-refractivity contribution in [3.05, 3.63) is 24.3 Å². The normalized spacial score (nSPS) is 21.8. The largest absolute Gasteiger partial charge is 0.508 e. The number of hydrogen-bond donors (Lipinski definition) is 3. The minimum Gasteiger partial charge on any atom is -0.508 e. The number of likely N-dealkylation sites (tertiary alicyclic amines) is 1. The number of aliphatic hydroxyl groups is 1. The van der Waals surface area contributed by atoms with E-state index in [0.717, 1.165) is 4.90 Å². The Balaban J connectivity index is 2.17. The molecule has 108 valence electrons. The highest BCUT2D eigenvalue weighted by atomic mass is 16.4. The molecule has 2 rings (SSSR count). The summed E-state index contributed by atoms with van der Waals surface area (Å²) in [5.41, 5.74) is 0.526. The number of aromatic hydroxyl groups is 1. The number of rotatable bonds is 2. The Morgan fingerprint density at radius 2 is 1.90 bits per heavy atom. The Labute approximate surface area is 115 Å². The number of hydrogen-bond acceptors (Lipinski definition) is 4. The molecule has 0 bridgehead atoms. The summed E-state index contributed by atoms with van der Waals surface area (Å²) < 4.78 is 0. The standard InChI is InChI=1S/C13H16N2O5/c1-14(8-2-4-9(16)5-3-8)13(20)15-7-10(17)6-11(15)12(18)19/h2-5,10-11,16-17H,6-7H2,1H3,(H,18,19)/t10-,11-/m0/s1. The van der Waals surface area contributed by atoms with Crippen LogP contribution in [0.1, 0.15) is 6.42 Å². The van der Waals surface area contributed by atoms with E-state index < -0.39 is 24.1 Å². The van der Waals surface area contributed by atoms with Crippen LogP contribution in [0.4, 0.5) is 10.5 Å². The maximum Gasteiger partial charge on any atom is 0.326 e. The van der Waals surface area contributed by atoms with Crippen LogP contribution in [0.3, 0.4) is 0 Å². The first-order chi connectivity index (χ1) is 9.40. The fourth-order valence-corrected chi connectivity index (χ4v) is 2.24. The first-order valence-corrected chi connectivity index (χ1v) is 6.14. The lowest BCUT2D eigenvalue weighted by molar-refractivity contribution is -0.141. The van der Waals surface area contributed by atoms with Crippen molar-refractivity contribution >= 4 is 17.7 Å². The van der Waals surface area contributed by atoms with Gasteiger partial charge in [-0.05, 0) is 24.3 Å². The Hall–Kier alpha value is -2.28. The highest BCUT2D eigenvalue weighted by Gasteiger charge is 2.40. The van der Waals surface area contributed by atoms with E-state index in [0.29, 0.717) is 5.69 Å². The van der Waals surface area contributed by atoms with Gasteiger partial charge in [-0.3, -0.25) is 4.90 Å². The second-order valence-electron chi connectivity index (χ2n) is 4.75. The molecule has 0 radical (unpaired) electrons. The lowest BCUT2D eigenvalue weighted by atomic mass is 10.2. The molecular weight excluding hydrogens is 264 g/mol. The van der Waals surface area contributed by atoms with Gasteiger partial charge in [-0.2, -0.15) is 0 Å². The molecule has 1 aromatic rings. The number of phenols is 1. The summed E-state index contributed by atoms with van der Waals surface area (Å²) in [4.78, 5) is 25.8. The SMILES string of the molecule is CN(C(=O)N1C[C@@H](O)C[C@H]1C(=O)O)c1ccc(O)cc1. The second-order valence-corrected chi connectivity index (χ2v) is 4.75. The van der Waals surface area contributed by atoms with Gasteiger partial charge in [0, 0.05) is 25.7 Å². The third kappa shape index (κ3) is 2.67. The first-order valence-electron chi connectivity index (χ1n) is 6.14. The smallest absolute Gasteiger partial charge is 0.326 e. The number of anilines is 1. The lowest BCUT2D eigenvalue weighted by Gasteiger charge is -2.27. The number of phenolic OH excluding ortho intramolecular Hbond substituents is 1. The van der Waals surface area contributed by atoms with Gasteiger partial charge in [-0.15, -0.1) is 0 Å². The summed E-state index contributed by atoms with van der Waals surface area (Å²) in [7, 11) is 1.51. The number of aliphatic carboxylic acids is 1. The topological polar surface area (TPSA) is 101 Å². The average Bonchev–Trinajstić information content (AvgIpc) is 2.80. The number of carboxylic acids is 1. The number of urea groups is 1. The first kappa shape index (κ1) is 14.1. The molecule has 1 aliphatic heterocycles. The van der Waals surface area contributed by atoms with Gasteiger partial charge in [-0.25, -0.2) is 9.59 Å². The Morgan fingerprint density at radius 3 is 2.45 bits per heavy atom. The molecule has 7 heteroatoms. The summed E-state index contributed by atoms with van der Waals surface area (Å²) in [6.07, 6.45) is -0.793. The van der Waals surface area contributed by atoms with Crippen molar-refractivity contribution in [2.45, 2.75) is 18.6 Å². The Morgan fingerprint density at radius 1 is 1.30 bits per heavy atom. The van der Waals surface area contributed by atoms with Gasteiger partial charge in [0.15, 0.2) is 0 Å². The van der Waals surface area contributed by atoms with Crippen LogP contribution in [0.2, 0.25) is 0 Å². The monoisotopic (exact) mass is 280 g/mol. The lowest BCUT2D eigenvalue weighted by Crippen LogP contribution is -2.47. The molecule has 3 N–H and O–H groups in total. The second kappa shape index (κ2) is 5.38. The summed E-state index contributed by atoms with van der Waals surface area (Å²) >= 11 is 0. The van der Waals surface area contributed by atoms with Crippen LogP contribution in [0.25, 0.3) is 0 Å². The fourth-order valence-electron chi connectivity index (χ4n) is 2.24. The number of benzene rings is 1. The van der Waals surface area contributed by atoms with Crippen LogP contribution < -0.4 is 4.90 Å². The zero-order valence-corrected chi connectivity index (χ0v) is 10.9. The Bertz CT molecular complexity index is 516. The summed E-state index contributed by atoms with van der Waals surface area (Å²) in [6.45, 7) is -0.00176. The van der Waals surface area contributed by atoms with Gasteiger partial charge in [-0.1, -0.05) is 0 Å². The molecule has 0 unspecified atom stereocenters. The van der Waals surface area contributed by atoms with Crippen molar-refractivity contribution in [1.29, 1.82) is 0 Å². The summed E-state index contributed by atoms with van der Waals surface area (Å²) in [6, 6.07) is 4.46. The van der Waals surface area contributed by atoms with Crippen molar-refractivity contribution in [3.63, 3.8) is 0 Å². The molecule has 7 nitrogen and oxygen atoms in total. The van der Waals surface area contributed by atoms with Gasteiger partial charge in [0.2, 0.25) is 0 Å². The van der Waals surface area contributed by atoms with Crippen molar-refractivity contribution in [3.8, 4) is 5.75 Å². The highest BCUT2D eigenvalue weighted by Crippen LogP contribution is 2.23. The minimum absolute atomic E-state index is 0.00176. The zero-order valence-electron chi connectivity index (χ0n) is 10.9. The van der Waals surface area contributed by atoms with Gasteiger partial charge in [0.05, 0.1) is 6.10 Å². The zero-order chi connectivity index (χ0) is 14.9. The van der Waals surface area contributed by atoms with Crippen molar-refractivity contribution < 1.29 is 24.9 Å². The number of aliphatic hydroxyl groups excluding tert-OH is 1. The third-order valence-electron chi connectivity index (χ3n) is 3.33. The molecule has 20 heavy (non-hydrogen) atoms. The predicted molar refractivity (Wildman–Crippen MR) is 70.7 cm³/mol. The predicted octanol–water partition coefficient (Wildman–Crippen LogP) is 0.468. The van der Waals surface area contributed by atoms with E-state index in [-0.39, 0.29) is 18.7 Å². The molecule has 0 aliphatic carbocycles. The van der Waals surface area contributed by atoms with E-state index in [4.69, 9.17) is 5.11 Å². The maximum atomic E-state index is 12.3. The van der Waals surface area contributed by atoms with Gasteiger partial charge >= 0.3 is 12.0 Å². The third-order valence-corrected chi connectivity index (χ3v) is 3.33. The van der Waals surface area contributed by atoms with Gasteiger partial charge < -0.3 is 20.2 Å². The Kier molecular flexibility index (Phi) is 3.80. The summed E-state index contributed by atoms with van der Waals surface area (Å²) in [5, 5.41) is 27.8. The molecule has 1 aromatic carbocycles. The van der Waals surface area contributed by atoms with Gasteiger partial charge in [0.1, 0.15) is 11.8 Å². The van der Waals surface area contributed by atoms with Gasteiger partial charge in [0.25, 0.3) is 0 Å². The molecular formula is C13H16N2O5. The van der Waals surface area contributed by atoms with E-state index in [1.165, 1.54) is 24.1 Å². The number of amides is 2. The van der Waals surface area contributed by atoms with E-state index in [2.05, 4.69) is 0 Å². The molecule has 2 atom stereocenters. The maximum absolute atomic E-state index is 12.3. The molecule has 1 aliphatic rings. The van der Waals surface area contributed by atoms with E-state index in [1.807, 2.05) is 0 Å². The van der Waals surface area contributed by atoms with E-state index in [1.54, 1.807) is 12.1 Å². The molecule has 1 saturated heterocycles. The van der Waals surface area contributed by atoms with Crippen LogP contribution in [-0.2, 0) is 4.79 Å². The molecule has 0 saturated carbocycles. The van der Waals surface area contributed by atoms with Crippen LogP contribution in [0.5, 0.6) is 5.75 Å². The average molecular weight is 280 g/mol. The molecule has 1 heterocycles. The number of carboxylic acid groups (broad SMARTS) is 1. The molecule has 2 amide bonds. The minimum atomic E-state index is -1.13. The van der Waals surface area contributed by atoms with Crippen LogP contribution in [0, 0.1) is 0 Å². The number of carbonyl (C=O) groups excluding carboxylic acids is 1. The van der Waals surface area contributed by atoms with Crippen molar-refractivity contribution in [2.24, 2.45) is 0 Å². The number of carbonyl (C=O) groups is 2. The molecule has 0 aromatic heterocycles. The molecule has 1 fully saturated rings. The van der Waals surface area contributed by atoms with Crippen molar-refractivity contribution in [1.82, 2.24) is 4.90 Å². The van der Waals surface area contributed by atoms with Crippen LogP contribution in [-0.4, -0.2) is 58.0 Å². The van der Waals surface area contributed by atoms with Crippen LogP contribution in [0.15, 0.2) is 24.3 Å². The highest BCUT2D eigenvalue weighted by molar-refractivity contribution is 5.94. The van der Waals surface area contributed by atoms with E-state index in [9.17, 15) is 19.8 Å². The van der Waals surface area contributed by atoms with Crippen LogP contribution >= 0.6 is 0 Å². The fraction of sp³-hybridized carbons (Fsp3) is 0.385. The number of nitrogens with zero attached hydrogens (tertiary/aromatic N) is 2. The van der Waals surface area contributed by atoms with E-state index >= 15 is 0 Å².